The quantitative estimate of drug-likeness (QED) is 0.0589. The van der Waals surface area contributed by atoms with Crippen LogP contribution in [0.3, 0.4) is 0 Å². The van der Waals surface area contributed by atoms with Crippen LogP contribution < -0.4 is 18.9 Å². The van der Waals surface area contributed by atoms with E-state index in [1.54, 1.807) is 7.11 Å². The Hall–Kier alpha value is -3.92. The normalized spacial score (nSPS) is 11.5. The first-order valence-corrected chi connectivity index (χ1v) is 26.0. The van der Waals surface area contributed by atoms with Gasteiger partial charge in [0, 0.05) is 0 Å². The van der Waals surface area contributed by atoms with E-state index in [0.29, 0.717) is 23.7 Å². The van der Waals surface area contributed by atoms with Crippen molar-refractivity contribution in [2.24, 2.45) is 5.92 Å². The molecule has 4 aromatic carbocycles. The Bertz CT molecular complexity index is 1650. The van der Waals surface area contributed by atoms with Crippen LogP contribution in [0.2, 0.25) is 0 Å². The molecular formula is C61H98O4. The van der Waals surface area contributed by atoms with Gasteiger partial charge in [0.2, 0.25) is 0 Å². The summed E-state index contributed by atoms with van der Waals surface area (Å²) in [5.41, 5.74) is 5.68. The van der Waals surface area contributed by atoms with Crippen molar-refractivity contribution in [1.82, 2.24) is 0 Å². The molecule has 4 heteroatoms. The Morgan fingerprint density at radius 1 is 0.400 bits per heavy atom. The molecule has 0 heterocycles. The van der Waals surface area contributed by atoms with E-state index in [9.17, 15) is 0 Å². The number of hydrogen-bond acceptors (Lipinski definition) is 4. The van der Waals surface area contributed by atoms with Gasteiger partial charge in [-0.25, -0.2) is 0 Å². The minimum atomic E-state index is 0.222. The molecule has 0 bridgehead atoms. The van der Waals surface area contributed by atoms with Crippen LogP contribution in [0.4, 0.5) is 0 Å². The minimum absolute atomic E-state index is 0.222. The molecule has 0 aliphatic rings. The fourth-order valence-electron chi connectivity index (χ4n) is 7.11. The fourth-order valence-corrected chi connectivity index (χ4v) is 7.11. The number of rotatable bonds is 26. The Labute approximate surface area is 402 Å². The third-order valence-electron chi connectivity index (χ3n) is 11.9. The lowest BCUT2D eigenvalue weighted by Gasteiger charge is -2.19. The SMILES string of the molecule is CCCC(CC)COc1ccc(C(C)C)cc1.CCCCCCCCCCOc1ccc(C(C)C)cc1.CCCCCCOc1ccc(C(C)(C)C)cc1.COc1ccc(C(C)C)cc1. The molecule has 0 fully saturated rings. The summed E-state index contributed by atoms with van der Waals surface area (Å²) in [7, 11) is 1.68. The first-order valence-electron chi connectivity index (χ1n) is 26.0. The van der Waals surface area contributed by atoms with Crippen molar-refractivity contribution in [3.8, 4) is 23.0 Å². The van der Waals surface area contributed by atoms with Crippen LogP contribution >= 0.6 is 0 Å². The zero-order valence-corrected chi connectivity index (χ0v) is 44.4. The predicted molar refractivity (Wildman–Crippen MR) is 285 cm³/mol. The fraction of sp³-hybridized carbons (Fsp3) is 0.607. The molecule has 1 unspecified atom stereocenters. The van der Waals surface area contributed by atoms with Gasteiger partial charge in [0.05, 0.1) is 26.9 Å². The molecule has 0 spiro atoms. The van der Waals surface area contributed by atoms with E-state index in [1.165, 1.54) is 112 Å². The zero-order chi connectivity index (χ0) is 48.3. The van der Waals surface area contributed by atoms with Gasteiger partial charge in [-0.15, -0.1) is 0 Å². The molecule has 0 aliphatic carbocycles. The van der Waals surface area contributed by atoms with Gasteiger partial charge in [0.15, 0.2) is 0 Å². The third kappa shape index (κ3) is 28.7. The second-order valence-electron chi connectivity index (χ2n) is 19.8. The van der Waals surface area contributed by atoms with Crippen LogP contribution in [0.1, 0.15) is 226 Å². The Morgan fingerprint density at radius 2 is 0.738 bits per heavy atom. The summed E-state index contributed by atoms with van der Waals surface area (Å²) in [5, 5.41) is 0. The molecule has 1 atom stereocenters. The maximum Gasteiger partial charge on any atom is 0.119 e. The monoisotopic (exact) mass is 895 g/mol. The molecule has 0 amide bonds. The highest BCUT2D eigenvalue weighted by Gasteiger charge is 2.13. The number of ether oxygens (including phenoxy) is 4. The van der Waals surface area contributed by atoms with E-state index < -0.39 is 0 Å². The first kappa shape index (κ1) is 59.1. The molecule has 366 valence electrons. The zero-order valence-electron chi connectivity index (χ0n) is 44.4. The van der Waals surface area contributed by atoms with Gasteiger partial charge >= 0.3 is 0 Å². The lowest BCUT2D eigenvalue weighted by molar-refractivity contribution is 0.235. The van der Waals surface area contributed by atoms with Crippen molar-refractivity contribution in [1.29, 1.82) is 0 Å². The van der Waals surface area contributed by atoms with Crippen molar-refractivity contribution < 1.29 is 18.9 Å². The van der Waals surface area contributed by atoms with Crippen molar-refractivity contribution in [2.75, 3.05) is 26.9 Å². The van der Waals surface area contributed by atoms with Crippen LogP contribution in [0.15, 0.2) is 97.1 Å². The summed E-state index contributed by atoms with van der Waals surface area (Å²) in [6, 6.07) is 33.8. The number of methoxy groups -OCH3 is 1. The van der Waals surface area contributed by atoms with Gasteiger partial charge in [-0.05, 0) is 119 Å². The van der Waals surface area contributed by atoms with E-state index in [1.807, 2.05) is 12.1 Å². The maximum atomic E-state index is 5.85. The van der Waals surface area contributed by atoms with Gasteiger partial charge in [-0.3, -0.25) is 0 Å². The summed E-state index contributed by atoms with van der Waals surface area (Å²) in [6.45, 7) is 31.4. The minimum Gasteiger partial charge on any atom is -0.497 e. The molecular weight excluding hydrogens is 797 g/mol. The molecule has 0 aromatic heterocycles. The average Bonchev–Trinajstić information content (AvgIpc) is 3.30. The summed E-state index contributed by atoms with van der Waals surface area (Å²) < 4.78 is 22.4. The first-order chi connectivity index (χ1) is 31.2. The lowest BCUT2D eigenvalue weighted by atomic mass is 9.87. The summed E-state index contributed by atoms with van der Waals surface area (Å²) in [5.74, 6) is 6.42. The average molecular weight is 895 g/mol. The van der Waals surface area contributed by atoms with Crippen LogP contribution in [0.5, 0.6) is 23.0 Å². The standard InChI is InChI=1S/C19H32O.2C16H26O.C10H14O/c1-4-5-6-7-8-9-10-11-16-20-19-14-12-18(13-15-19)17(2)3;1-5-6-7-8-13-17-15-11-9-14(10-12-15)16(2,3)4;1-5-7-14(6-2)12-17-16-10-8-15(9-11-16)13(3)4;1-8(2)9-4-6-10(11-3)7-5-9/h12-15,17H,4-11,16H2,1-3H3;9-12H,5-8,13H2,1-4H3;8-11,13-14H,5-7,12H2,1-4H3;4-8H,1-3H3. The van der Waals surface area contributed by atoms with Crippen molar-refractivity contribution in [3.05, 3.63) is 119 Å². The van der Waals surface area contributed by atoms with Crippen LogP contribution in [-0.2, 0) is 5.41 Å². The Balaban J connectivity index is 0.000000441. The lowest BCUT2D eigenvalue weighted by Crippen LogP contribution is -2.10. The van der Waals surface area contributed by atoms with Gasteiger partial charge < -0.3 is 18.9 Å². The van der Waals surface area contributed by atoms with Crippen LogP contribution in [-0.4, -0.2) is 26.9 Å². The second kappa shape index (κ2) is 36.2. The topological polar surface area (TPSA) is 36.9 Å². The number of unbranched alkanes of at least 4 members (excludes halogenated alkanes) is 10. The molecule has 4 aromatic rings. The molecule has 0 saturated heterocycles. The van der Waals surface area contributed by atoms with Crippen LogP contribution in [0, 0.1) is 5.92 Å². The van der Waals surface area contributed by atoms with Gasteiger partial charge in [0.1, 0.15) is 23.0 Å². The van der Waals surface area contributed by atoms with Crippen molar-refractivity contribution in [2.45, 2.75) is 209 Å². The highest BCUT2D eigenvalue weighted by atomic mass is 16.5. The molecule has 0 saturated carbocycles. The number of hydrogen-bond donors (Lipinski definition) is 0. The largest absolute Gasteiger partial charge is 0.497 e. The molecule has 65 heavy (non-hydrogen) atoms. The van der Waals surface area contributed by atoms with E-state index in [4.69, 9.17) is 18.9 Å². The van der Waals surface area contributed by atoms with Crippen LogP contribution in [0.25, 0.3) is 0 Å². The summed E-state index contributed by atoms with van der Waals surface area (Å²) >= 11 is 0. The van der Waals surface area contributed by atoms with Crippen molar-refractivity contribution >= 4 is 0 Å². The van der Waals surface area contributed by atoms with Gasteiger partial charge in [-0.1, -0.05) is 216 Å². The van der Waals surface area contributed by atoms with Gasteiger partial charge in [-0.2, -0.15) is 0 Å². The highest BCUT2D eigenvalue weighted by molar-refractivity contribution is 5.32. The van der Waals surface area contributed by atoms with Crippen molar-refractivity contribution in [3.63, 3.8) is 0 Å². The predicted octanol–water partition coefficient (Wildman–Crippen LogP) is 19.1. The highest BCUT2D eigenvalue weighted by Crippen LogP contribution is 2.25. The molecule has 0 aliphatic heterocycles. The summed E-state index contributed by atoms with van der Waals surface area (Å²) in [6.07, 6.45) is 19.5. The van der Waals surface area contributed by atoms with E-state index in [-0.39, 0.29) is 5.41 Å². The Morgan fingerprint density at radius 3 is 1.08 bits per heavy atom. The van der Waals surface area contributed by atoms with E-state index in [2.05, 4.69) is 175 Å². The third-order valence-corrected chi connectivity index (χ3v) is 11.9. The van der Waals surface area contributed by atoms with E-state index in [0.717, 1.165) is 49.2 Å². The van der Waals surface area contributed by atoms with E-state index >= 15 is 0 Å². The molecule has 0 N–H and O–H groups in total. The molecule has 0 radical (unpaired) electrons. The molecule has 4 rings (SSSR count). The second-order valence-corrected chi connectivity index (χ2v) is 19.8. The maximum absolute atomic E-state index is 5.85. The molecule has 4 nitrogen and oxygen atoms in total. The van der Waals surface area contributed by atoms with Gasteiger partial charge in [0.25, 0.3) is 0 Å². The summed E-state index contributed by atoms with van der Waals surface area (Å²) in [4.78, 5) is 0. The number of benzene rings is 4. The smallest absolute Gasteiger partial charge is 0.119 e. The Kier molecular flexibility index (Phi) is 32.9.